The predicted molar refractivity (Wildman–Crippen MR) is 99.5 cm³/mol. The standard InChI is InChI=1S/C18H24FN5O2/c1-9-7-22(8-11(9)6-20)16-10(2)15-13(5-14(16)19)17(25)24(21)18(26)23(15)12-3-4-12/h5,9,11-12H,3-4,6-8,20-21H2,1-2H3/t9-,11-/m0/s1. The SMILES string of the molecule is Cc1c(N2C[C@H](CN)[C@@H](C)C2)c(F)cc2c(=O)n(N)c(=O)n(C3CC3)c12. The number of aryl methyl sites for hydroxylation is 1. The second kappa shape index (κ2) is 5.84. The van der Waals surface area contributed by atoms with Crippen molar-refractivity contribution in [3.8, 4) is 0 Å². The number of benzene rings is 1. The topological polar surface area (TPSA) is 99.3 Å². The van der Waals surface area contributed by atoms with Crippen LogP contribution in [0, 0.1) is 24.6 Å². The molecule has 2 heterocycles. The first-order chi connectivity index (χ1) is 12.3. The van der Waals surface area contributed by atoms with Gasteiger partial charge in [0.2, 0.25) is 0 Å². The van der Waals surface area contributed by atoms with Gasteiger partial charge in [0.1, 0.15) is 5.82 Å². The molecule has 1 aromatic carbocycles. The quantitative estimate of drug-likeness (QED) is 0.784. The van der Waals surface area contributed by atoms with Crippen LogP contribution in [0.1, 0.15) is 31.4 Å². The molecule has 4 N–H and O–H groups in total. The second-order valence-electron chi connectivity index (χ2n) is 7.67. The second-order valence-corrected chi connectivity index (χ2v) is 7.67. The molecular weight excluding hydrogens is 337 g/mol. The number of nitrogens with zero attached hydrogens (tertiary/aromatic N) is 3. The zero-order valence-corrected chi connectivity index (χ0v) is 15.0. The van der Waals surface area contributed by atoms with E-state index in [1.807, 2.05) is 4.90 Å². The molecule has 8 heteroatoms. The summed E-state index contributed by atoms with van der Waals surface area (Å²) >= 11 is 0. The van der Waals surface area contributed by atoms with Crippen molar-refractivity contribution < 1.29 is 4.39 Å². The van der Waals surface area contributed by atoms with Crippen LogP contribution in [0.15, 0.2) is 15.7 Å². The van der Waals surface area contributed by atoms with Gasteiger partial charge >= 0.3 is 5.69 Å². The molecule has 140 valence electrons. The zero-order chi connectivity index (χ0) is 18.7. The Morgan fingerprint density at radius 1 is 1.27 bits per heavy atom. The number of halogens is 1. The highest BCUT2D eigenvalue weighted by Crippen LogP contribution is 2.39. The molecule has 0 unspecified atom stereocenters. The van der Waals surface area contributed by atoms with Gasteiger partial charge in [-0.2, -0.15) is 4.68 Å². The number of hydrogen-bond acceptors (Lipinski definition) is 5. The number of anilines is 1. The van der Waals surface area contributed by atoms with Crippen LogP contribution in [0.5, 0.6) is 0 Å². The van der Waals surface area contributed by atoms with Gasteiger partial charge in [-0.25, -0.2) is 9.18 Å². The van der Waals surface area contributed by atoms with Gasteiger partial charge in [-0.05, 0) is 44.2 Å². The van der Waals surface area contributed by atoms with Crippen LogP contribution in [-0.2, 0) is 0 Å². The Morgan fingerprint density at radius 2 is 1.96 bits per heavy atom. The van der Waals surface area contributed by atoms with Crippen molar-refractivity contribution in [2.75, 3.05) is 30.4 Å². The average molecular weight is 361 g/mol. The number of aromatic nitrogens is 2. The maximum Gasteiger partial charge on any atom is 0.350 e. The van der Waals surface area contributed by atoms with E-state index in [-0.39, 0.29) is 11.4 Å². The molecule has 1 aliphatic heterocycles. The van der Waals surface area contributed by atoms with Gasteiger partial charge in [0.15, 0.2) is 0 Å². The van der Waals surface area contributed by atoms with Crippen LogP contribution < -0.4 is 27.7 Å². The van der Waals surface area contributed by atoms with E-state index in [0.29, 0.717) is 52.9 Å². The fourth-order valence-corrected chi connectivity index (χ4v) is 4.24. The van der Waals surface area contributed by atoms with Crippen molar-refractivity contribution in [3.63, 3.8) is 0 Å². The monoisotopic (exact) mass is 361 g/mol. The molecule has 2 aliphatic rings. The van der Waals surface area contributed by atoms with Crippen molar-refractivity contribution in [1.82, 2.24) is 9.24 Å². The molecule has 1 aromatic heterocycles. The van der Waals surface area contributed by atoms with Gasteiger partial charge in [0.05, 0.1) is 16.6 Å². The molecule has 7 nitrogen and oxygen atoms in total. The Kier molecular flexibility index (Phi) is 3.83. The van der Waals surface area contributed by atoms with Gasteiger partial charge in [-0.3, -0.25) is 9.36 Å². The number of nitrogen functional groups attached to an aromatic ring is 1. The smallest absolute Gasteiger partial charge is 0.350 e. The van der Waals surface area contributed by atoms with E-state index in [9.17, 15) is 9.59 Å². The summed E-state index contributed by atoms with van der Waals surface area (Å²) in [7, 11) is 0. The molecule has 0 spiro atoms. The molecule has 0 bridgehead atoms. The van der Waals surface area contributed by atoms with Gasteiger partial charge in [0, 0.05) is 24.7 Å². The van der Waals surface area contributed by atoms with E-state index in [1.54, 1.807) is 11.5 Å². The molecule has 0 amide bonds. The largest absolute Gasteiger partial charge is 0.368 e. The van der Waals surface area contributed by atoms with Crippen molar-refractivity contribution in [2.24, 2.45) is 17.6 Å². The van der Waals surface area contributed by atoms with Crippen molar-refractivity contribution in [2.45, 2.75) is 32.7 Å². The van der Waals surface area contributed by atoms with Crippen LogP contribution in [0.4, 0.5) is 10.1 Å². The third-order valence-corrected chi connectivity index (χ3v) is 5.86. The van der Waals surface area contributed by atoms with E-state index in [2.05, 4.69) is 6.92 Å². The Bertz CT molecular complexity index is 1010. The highest BCUT2D eigenvalue weighted by Gasteiger charge is 2.34. The summed E-state index contributed by atoms with van der Waals surface area (Å²) in [5.41, 5.74) is 6.22. The van der Waals surface area contributed by atoms with E-state index in [1.165, 1.54) is 6.07 Å². The molecule has 2 fully saturated rings. The average Bonchev–Trinajstić information content (AvgIpc) is 3.37. The Hall–Kier alpha value is -2.35. The van der Waals surface area contributed by atoms with Crippen LogP contribution in [0.2, 0.25) is 0 Å². The minimum absolute atomic E-state index is 0.0201. The molecule has 4 rings (SSSR count). The molecule has 1 aliphatic carbocycles. The lowest BCUT2D eigenvalue weighted by Gasteiger charge is -2.24. The number of hydrogen-bond donors (Lipinski definition) is 2. The maximum absolute atomic E-state index is 15.0. The van der Waals surface area contributed by atoms with E-state index < -0.39 is 17.1 Å². The molecule has 1 saturated heterocycles. The van der Waals surface area contributed by atoms with E-state index in [4.69, 9.17) is 11.6 Å². The molecular formula is C18H24FN5O2. The van der Waals surface area contributed by atoms with Crippen LogP contribution in [0.25, 0.3) is 10.9 Å². The molecule has 26 heavy (non-hydrogen) atoms. The summed E-state index contributed by atoms with van der Waals surface area (Å²) in [5, 5.41) is 0.153. The van der Waals surface area contributed by atoms with Crippen molar-refractivity contribution in [3.05, 3.63) is 38.3 Å². The fraction of sp³-hybridized carbons (Fsp3) is 0.556. The lowest BCUT2D eigenvalue weighted by atomic mass is 9.99. The summed E-state index contributed by atoms with van der Waals surface area (Å²) in [6.45, 7) is 5.81. The van der Waals surface area contributed by atoms with Crippen molar-refractivity contribution in [1.29, 1.82) is 0 Å². The molecule has 1 saturated carbocycles. The van der Waals surface area contributed by atoms with E-state index >= 15 is 4.39 Å². The maximum atomic E-state index is 15.0. The Labute approximate surface area is 150 Å². The number of fused-ring (bicyclic) bond motifs is 1. The van der Waals surface area contributed by atoms with E-state index in [0.717, 1.165) is 12.8 Å². The van der Waals surface area contributed by atoms with Gasteiger partial charge in [-0.15, -0.1) is 0 Å². The van der Waals surface area contributed by atoms with Crippen molar-refractivity contribution >= 4 is 16.6 Å². The first-order valence-corrected chi connectivity index (χ1v) is 9.05. The Morgan fingerprint density at radius 3 is 2.54 bits per heavy atom. The van der Waals surface area contributed by atoms with Crippen LogP contribution in [0.3, 0.4) is 0 Å². The predicted octanol–water partition coefficient (Wildman–Crippen LogP) is 0.690. The van der Waals surface area contributed by atoms with Crippen LogP contribution >= 0.6 is 0 Å². The zero-order valence-electron chi connectivity index (χ0n) is 15.0. The summed E-state index contributed by atoms with van der Waals surface area (Å²) < 4.78 is 17.2. The summed E-state index contributed by atoms with van der Waals surface area (Å²) in [5.74, 6) is 5.85. The minimum Gasteiger partial charge on any atom is -0.368 e. The lowest BCUT2D eigenvalue weighted by molar-refractivity contribution is 0.463. The van der Waals surface area contributed by atoms with Gasteiger partial charge in [0.25, 0.3) is 5.56 Å². The third kappa shape index (κ3) is 2.35. The molecule has 2 atom stereocenters. The normalized spacial score (nSPS) is 23.2. The number of rotatable bonds is 3. The van der Waals surface area contributed by atoms with Gasteiger partial charge in [-0.1, -0.05) is 6.92 Å². The number of nitrogens with two attached hydrogens (primary N) is 2. The first kappa shape index (κ1) is 17.1. The first-order valence-electron chi connectivity index (χ1n) is 9.05. The lowest BCUT2D eigenvalue weighted by Crippen LogP contribution is -2.44. The van der Waals surface area contributed by atoms with Gasteiger partial charge < -0.3 is 16.5 Å². The molecule has 0 radical (unpaired) electrons. The highest BCUT2D eigenvalue weighted by molar-refractivity contribution is 5.87. The highest BCUT2D eigenvalue weighted by atomic mass is 19.1. The third-order valence-electron chi connectivity index (χ3n) is 5.86. The summed E-state index contributed by atoms with van der Waals surface area (Å²) in [6, 6.07) is 1.24. The minimum atomic E-state index is -0.662. The summed E-state index contributed by atoms with van der Waals surface area (Å²) in [6.07, 6.45) is 1.71. The fourth-order valence-electron chi connectivity index (χ4n) is 4.24. The van der Waals surface area contributed by atoms with Crippen LogP contribution in [-0.4, -0.2) is 28.9 Å². The Balaban J connectivity index is 2.00. The molecule has 2 aromatic rings. The summed E-state index contributed by atoms with van der Waals surface area (Å²) in [4.78, 5) is 27.0.